The fourth-order valence-electron chi connectivity index (χ4n) is 3.33. The van der Waals surface area contributed by atoms with Gasteiger partial charge in [-0.1, -0.05) is 24.3 Å². The van der Waals surface area contributed by atoms with E-state index in [2.05, 4.69) is 5.32 Å². The Morgan fingerprint density at radius 2 is 1.83 bits per heavy atom. The second kappa shape index (κ2) is 9.08. The van der Waals surface area contributed by atoms with Crippen molar-refractivity contribution in [1.29, 1.82) is 0 Å². The number of nitrogens with one attached hydrogen (secondary N) is 1. The van der Waals surface area contributed by atoms with Crippen molar-refractivity contribution in [2.75, 3.05) is 28.3 Å². The molecule has 1 aliphatic rings. The van der Waals surface area contributed by atoms with Gasteiger partial charge in [-0.15, -0.1) is 0 Å². The van der Waals surface area contributed by atoms with Crippen LogP contribution in [0.1, 0.15) is 23.7 Å². The van der Waals surface area contributed by atoms with Gasteiger partial charge in [0.05, 0.1) is 23.1 Å². The molecule has 2 amide bonds. The molecule has 8 nitrogen and oxygen atoms in total. The lowest BCUT2D eigenvalue weighted by atomic mass is 10.2. The van der Waals surface area contributed by atoms with E-state index in [1.54, 1.807) is 42.5 Å². The Labute approximate surface area is 174 Å². The second-order valence-corrected chi connectivity index (χ2v) is 9.22. The third kappa shape index (κ3) is 5.44. The Morgan fingerprint density at radius 1 is 1.10 bits per heavy atom. The summed E-state index contributed by atoms with van der Waals surface area (Å²) in [4.78, 5) is 37.8. The van der Waals surface area contributed by atoms with Gasteiger partial charge in [0.1, 0.15) is 0 Å². The second-order valence-electron chi connectivity index (χ2n) is 6.99. The average Bonchev–Trinajstić information content (AvgIpc) is 3.06. The summed E-state index contributed by atoms with van der Waals surface area (Å²) in [6.45, 7) is 0.819. The minimum Gasteiger partial charge on any atom is -0.452 e. The smallest absolute Gasteiger partial charge is 0.338 e. The number of carbonyl (C=O) groups is 3. The molecule has 1 saturated heterocycles. The highest BCUT2D eigenvalue weighted by atomic mass is 32.2. The first-order valence-corrected chi connectivity index (χ1v) is 11.2. The Bertz CT molecular complexity index is 1050. The van der Waals surface area contributed by atoms with Gasteiger partial charge in [-0.2, -0.15) is 0 Å². The topological polar surface area (TPSA) is 110 Å². The number of rotatable bonds is 6. The standard InChI is InChI=1S/C21H22N2O6S/c1-15(24)22-17-7-5-6-16(12-17)21(26)29-13-20(25)23(18-8-3-2-4-9-18)19-10-11-30(27,28)14-19/h2-9,12,19H,10-11,13-14H2,1H3,(H,22,24)/t19-/m1/s1. The van der Waals surface area contributed by atoms with Gasteiger partial charge < -0.3 is 15.0 Å². The summed E-state index contributed by atoms with van der Waals surface area (Å²) in [5.74, 6) is -1.61. The summed E-state index contributed by atoms with van der Waals surface area (Å²) in [7, 11) is -3.21. The van der Waals surface area contributed by atoms with E-state index in [9.17, 15) is 22.8 Å². The average molecular weight is 430 g/mol. The van der Waals surface area contributed by atoms with Crippen molar-refractivity contribution in [3.05, 3.63) is 60.2 Å². The Balaban J connectivity index is 1.72. The van der Waals surface area contributed by atoms with Crippen LogP contribution in [0.5, 0.6) is 0 Å². The first-order chi connectivity index (χ1) is 14.2. The highest BCUT2D eigenvalue weighted by molar-refractivity contribution is 7.91. The number of esters is 1. The summed E-state index contributed by atoms with van der Waals surface area (Å²) >= 11 is 0. The molecule has 1 heterocycles. The molecule has 1 fully saturated rings. The predicted molar refractivity (Wildman–Crippen MR) is 112 cm³/mol. The van der Waals surface area contributed by atoms with Gasteiger partial charge in [-0.05, 0) is 36.8 Å². The zero-order valence-electron chi connectivity index (χ0n) is 16.4. The summed E-state index contributed by atoms with van der Waals surface area (Å²) in [5.41, 5.74) is 1.17. The van der Waals surface area contributed by atoms with Crippen molar-refractivity contribution in [2.24, 2.45) is 0 Å². The summed E-state index contributed by atoms with van der Waals surface area (Å²) < 4.78 is 29.0. The molecule has 158 valence electrons. The van der Waals surface area contributed by atoms with E-state index in [4.69, 9.17) is 4.74 Å². The van der Waals surface area contributed by atoms with E-state index >= 15 is 0 Å². The summed E-state index contributed by atoms with van der Waals surface area (Å²) in [6, 6.07) is 14.4. The molecular weight excluding hydrogens is 408 g/mol. The largest absolute Gasteiger partial charge is 0.452 e. The maximum absolute atomic E-state index is 12.9. The zero-order valence-corrected chi connectivity index (χ0v) is 17.2. The summed E-state index contributed by atoms with van der Waals surface area (Å²) in [5, 5.41) is 2.57. The fraction of sp³-hybridized carbons (Fsp3) is 0.286. The van der Waals surface area contributed by atoms with E-state index in [1.807, 2.05) is 0 Å². The maximum Gasteiger partial charge on any atom is 0.338 e. The van der Waals surface area contributed by atoms with E-state index in [-0.39, 0.29) is 23.0 Å². The van der Waals surface area contributed by atoms with Crippen molar-refractivity contribution in [2.45, 2.75) is 19.4 Å². The molecule has 2 aromatic rings. The molecule has 0 radical (unpaired) electrons. The van der Waals surface area contributed by atoms with Crippen LogP contribution in [0.2, 0.25) is 0 Å². The fourth-order valence-corrected chi connectivity index (χ4v) is 5.03. The highest BCUT2D eigenvalue weighted by Gasteiger charge is 2.35. The third-order valence-electron chi connectivity index (χ3n) is 4.62. The third-order valence-corrected chi connectivity index (χ3v) is 6.37. The van der Waals surface area contributed by atoms with Crippen LogP contribution in [-0.4, -0.2) is 50.4 Å². The van der Waals surface area contributed by atoms with Crippen LogP contribution < -0.4 is 10.2 Å². The van der Waals surface area contributed by atoms with Crippen LogP contribution in [0.4, 0.5) is 11.4 Å². The number of ether oxygens (including phenoxy) is 1. The number of sulfone groups is 1. The van der Waals surface area contributed by atoms with Crippen LogP contribution in [0, 0.1) is 0 Å². The lowest BCUT2D eigenvalue weighted by molar-refractivity contribution is -0.122. The van der Waals surface area contributed by atoms with E-state index in [1.165, 1.54) is 24.0 Å². The van der Waals surface area contributed by atoms with Crippen molar-refractivity contribution in [3.63, 3.8) is 0 Å². The number of hydrogen-bond donors (Lipinski definition) is 1. The molecule has 3 rings (SSSR count). The zero-order chi connectivity index (χ0) is 21.7. The monoisotopic (exact) mass is 430 g/mol. The van der Waals surface area contributed by atoms with Crippen LogP contribution in [0.3, 0.4) is 0 Å². The molecule has 2 aromatic carbocycles. The number of nitrogens with zero attached hydrogens (tertiary/aromatic N) is 1. The van der Waals surface area contributed by atoms with Crippen LogP contribution in [-0.2, 0) is 24.2 Å². The number of hydrogen-bond acceptors (Lipinski definition) is 6. The molecule has 0 aliphatic carbocycles. The van der Waals surface area contributed by atoms with Crippen molar-refractivity contribution >= 4 is 39.0 Å². The Hall–Kier alpha value is -3.20. The molecule has 0 unspecified atom stereocenters. The van der Waals surface area contributed by atoms with E-state index in [0.717, 1.165) is 0 Å². The molecule has 30 heavy (non-hydrogen) atoms. The molecular formula is C21H22N2O6S. The van der Waals surface area contributed by atoms with Gasteiger partial charge >= 0.3 is 5.97 Å². The lowest BCUT2D eigenvalue weighted by Gasteiger charge is -2.28. The molecule has 0 aromatic heterocycles. The number of para-hydroxylation sites is 1. The van der Waals surface area contributed by atoms with Crippen LogP contribution in [0.15, 0.2) is 54.6 Å². The van der Waals surface area contributed by atoms with Gasteiger partial charge in [0, 0.05) is 18.3 Å². The maximum atomic E-state index is 12.9. The molecule has 0 bridgehead atoms. The quantitative estimate of drug-likeness (QED) is 0.702. The van der Waals surface area contributed by atoms with Gasteiger partial charge in [-0.3, -0.25) is 9.59 Å². The number of anilines is 2. The van der Waals surface area contributed by atoms with E-state index < -0.39 is 34.4 Å². The molecule has 1 aliphatic heterocycles. The number of benzene rings is 2. The highest BCUT2D eigenvalue weighted by Crippen LogP contribution is 2.24. The van der Waals surface area contributed by atoms with Gasteiger partial charge in [0.15, 0.2) is 16.4 Å². The normalized spacial score (nSPS) is 17.2. The first-order valence-electron chi connectivity index (χ1n) is 9.37. The number of carbonyl (C=O) groups excluding carboxylic acids is 3. The molecule has 1 N–H and O–H groups in total. The van der Waals surface area contributed by atoms with Crippen molar-refractivity contribution < 1.29 is 27.5 Å². The molecule has 9 heteroatoms. The Kier molecular flexibility index (Phi) is 6.51. The van der Waals surface area contributed by atoms with Gasteiger partial charge in [0.2, 0.25) is 5.91 Å². The minimum atomic E-state index is -3.21. The molecule has 0 saturated carbocycles. The summed E-state index contributed by atoms with van der Waals surface area (Å²) in [6.07, 6.45) is 0.329. The first kappa shape index (κ1) is 21.5. The Morgan fingerprint density at radius 3 is 2.47 bits per heavy atom. The van der Waals surface area contributed by atoms with Crippen molar-refractivity contribution in [1.82, 2.24) is 0 Å². The lowest BCUT2D eigenvalue weighted by Crippen LogP contribution is -2.43. The molecule has 1 atom stereocenters. The van der Waals surface area contributed by atoms with Crippen molar-refractivity contribution in [3.8, 4) is 0 Å². The van der Waals surface area contributed by atoms with Gasteiger partial charge in [0.25, 0.3) is 5.91 Å². The minimum absolute atomic E-state index is 0.0179. The van der Waals surface area contributed by atoms with Crippen LogP contribution >= 0.6 is 0 Å². The molecule has 0 spiro atoms. The number of amides is 2. The van der Waals surface area contributed by atoms with Gasteiger partial charge in [-0.25, -0.2) is 13.2 Å². The predicted octanol–water partition coefficient (Wildman–Crippen LogP) is 2.02. The van der Waals surface area contributed by atoms with Crippen LogP contribution in [0.25, 0.3) is 0 Å². The SMILES string of the molecule is CC(=O)Nc1cccc(C(=O)OCC(=O)N(c2ccccc2)[C@@H]2CCS(=O)(=O)C2)c1. The van der Waals surface area contributed by atoms with E-state index in [0.29, 0.717) is 17.8 Å².